The number of aliphatic hydroxyl groups is 1. The van der Waals surface area contributed by atoms with Crippen LogP contribution in [-0.2, 0) is 14.2 Å². The van der Waals surface area contributed by atoms with Gasteiger partial charge in [-0.05, 0) is 37.0 Å². The van der Waals surface area contributed by atoms with Crippen LogP contribution in [0.1, 0.15) is 52.9 Å². The van der Waals surface area contributed by atoms with Crippen molar-refractivity contribution >= 4 is 0 Å². The molecular formula is C17H34O4. The predicted molar refractivity (Wildman–Crippen MR) is 84.5 cm³/mol. The Bertz CT molecular complexity index is 268. The van der Waals surface area contributed by atoms with E-state index in [1.54, 1.807) is 7.11 Å². The molecule has 126 valence electrons. The molecule has 0 radical (unpaired) electrons. The summed E-state index contributed by atoms with van der Waals surface area (Å²) in [5.41, 5.74) is 0.332. The minimum absolute atomic E-state index is 0.0304. The molecule has 1 aliphatic rings. The summed E-state index contributed by atoms with van der Waals surface area (Å²) < 4.78 is 16.3. The van der Waals surface area contributed by atoms with Crippen LogP contribution in [-0.4, -0.2) is 50.9 Å². The average Bonchev–Trinajstić information content (AvgIpc) is 2.47. The Balaban J connectivity index is 2.23. The molecule has 0 heterocycles. The molecule has 0 spiro atoms. The summed E-state index contributed by atoms with van der Waals surface area (Å²) in [5, 5.41) is 10.1. The molecule has 1 N–H and O–H groups in total. The van der Waals surface area contributed by atoms with E-state index in [9.17, 15) is 5.11 Å². The number of ether oxygens (including phenoxy) is 3. The van der Waals surface area contributed by atoms with E-state index in [0.29, 0.717) is 31.2 Å². The molecule has 3 atom stereocenters. The van der Waals surface area contributed by atoms with Crippen molar-refractivity contribution in [1.82, 2.24) is 0 Å². The van der Waals surface area contributed by atoms with Crippen molar-refractivity contribution < 1.29 is 19.3 Å². The third-order valence-electron chi connectivity index (χ3n) is 4.97. The van der Waals surface area contributed by atoms with E-state index in [2.05, 4.69) is 20.8 Å². The lowest BCUT2D eigenvalue weighted by Crippen LogP contribution is -2.40. The first kappa shape index (κ1) is 18.9. The number of hydrogen-bond acceptors (Lipinski definition) is 4. The van der Waals surface area contributed by atoms with Crippen LogP contribution in [0, 0.1) is 11.3 Å². The van der Waals surface area contributed by atoms with Crippen LogP contribution in [0.25, 0.3) is 0 Å². The topological polar surface area (TPSA) is 47.9 Å². The maximum absolute atomic E-state index is 10.1. The molecule has 0 bridgehead atoms. The lowest BCUT2D eigenvalue weighted by Gasteiger charge is -2.41. The highest BCUT2D eigenvalue weighted by Gasteiger charge is 2.36. The number of aliphatic hydroxyl groups excluding tert-OH is 1. The largest absolute Gasteiger partial charge is 0.390 e. The van der Waals surface area contributed by atoms with Gasteiger partial charge < -0.3 is 19.3 Å². The van der Waals surface area contributed by atoms with Gasteiger partial charge in [-0.1, -0.05) is 27.2 Å². The second-order valence-corrected chi connectivity index (χ2v) is 6.79. The van der Waals surface area contributed by atoms with Gasteiger partial charge in [-0.15, -0.1) is 0 Å². The van der Waals surface area contributed by atoms with E-state index in [-0.39, 0.29) is 12.2 Å². The van der Waals surface area contributed by atoms with Gasteiger partial charge in [-0.25, -0.2) is 0 Å². The first-order valence-electron chi connectivity index (χ1n) is 8.37. The van der Waals surface area contributed by atoms with Crippen molar-refractivity contribution in [3.63, 3.8) is 0 Å². The summed E-state index contributed by atoms with van der Waals surface area (Å²) in [4.78, 5) is 0. The monoisotopic (exact) mass is 302 g/mol. The minimum atomic E-state index is -0.317. The third-order valence-corrected chi connectivity index (χ3v) is 4.97. The van der Waals surface area contributed by atoms with Crippen molar-refractivity contribution in [2.75, 3.05) is 33.5 Å². The Kier molecular flexibility index (Phi) is 8.79. The average molecular weight is 302 g/mol. The SMILES string of the molecule is CCC(C)(C)C1CCC(O)C(OCCOCCCOC)C1. The highest BCUT2D eigenvalue weighted by atomic mass is 16.5. The van der Waals surface area contributed by atoms with Crippen LogP contribution in [0.15, 0.2) is 0 Å². The van der Waals surface area contributed by atoms with E-state index < -0.39 is 0 Å². The lowest BCUT2D eigenvalue weighted by atomic mass is 9.68. The molecular weight excluding hydrogens is 268 g/mol. The molecule has 0 amide bonds. The van der Waals surface area contributed by atoms with Crippen molar-refractivity contribution in [3.8, 4) is 0 Å². The maximum atomic E-state index is 10.1. The van der Waals surface area contributed by atoms with Crippen LogP contribution in [0.5, 0.6) is 0 Å². The summed E-state index contributed by atoms with van der Waals surface area (Å²) in [5.74, 6) is 0.638. The summed E-state index contributed by atoms with van der Waals surface area (Å²) in [6.07, 6.45) is 4.66. The predicted octanol–water partition coefficient (Wildman–Crippen LogP) is 3.02. The second kappa shape index (κ2) is 9.78. The molecule has 4 nitrogen and oxygen atoms in total. The van der Waals surface area contributed by atoms with Gasteiger partial charge >= 0.3 is 0 Å². The fourth-order valence-electron chi connectivity index (χ4n) is 2.96. The summed E-state index contributed by atoms with van der Waals surface area (Å²) in [7, 11) is 1.70. The van der Waals surface area contributed by atoms with E-state index in [1.807, 2.05) is 0 Å². The van der Waals surface area contributed by atoms with Crippen molar-refractivity contribution in [1.29, 1.82) is 0 Å². The van der Waals surface area contributed by atoms with E-state index in [0.717, 1.165) is 32.3 Å². The standard InChI is InChI=1S/C17H34O4/c1-5-17(2,3)14-7-8-15(18)16(13-14)21-12-11-20-10-6-9-19-4/h14-16,18H,5-13H2,1-4H3. The molecule has 3 unspecified atom stereocenters. The van der Waals surface area contributed by atoms with Crippen LogP contribution in [0.2, 0.25) is 0 Å². The molecule has 1 fully saturated rings. The van der Waals surface area contributed by atoms with Gasteiger partial charge in [-0.2, -0.15) is 0 Å². The fourth-order valence-corrected chi connectivity index (χ4v) is 2.96. The molecule has 0 aromatic rings. The first-order chi connectivity index (χ1) is 10.0. The summed E-state index contributed by atoms with van der Waals surface area (Å²) in [6.45, 7) is 9.49. The van der Waals surface area contributed by atoms with Gasteiger partial charge in [0.2, 0.25) is 0 Å². The molecule has 1 saturated carbocycles. The highest BCUT2D eigenvalue weighted by Crippen LogP contribution is 2.41. The van der Waals surface area contributed by atoms with E-state index >= 15 is 0 Å². The van der Waals surface area contributed by atoms with E-state index in [4.69, 9.17) is 14.2 Å². The Hall–Kier alpha value is -0.160. The van der Waals surface area contributed by atoms with Crippen LogP contribution in [0.4, 0.5) is 0 Å². The molecule has 0 aromatic heterocycles. The Morgan fingerprint density at radius 3 is 2.52 bits per heavy atom. The zero-order valence-electron chi connectivity index (χ0n) is 14.3. The maximum Gasteiger partial charge on any atom is 0.0837 e. The number of hydrogen-bond donors (Lipinski definition) is 1. The molecule has 1 rings (SSSR count). The van der Waals surface area contributed by atoms with Crippen LogP contribution in [0.3, 0.4) is 0 Å². The molecule has 0 aromatic carbocycles. The zero-order chi connectivity index (χ0) is 15.7. The Morgan fingerprint density at radius 1 is 1.10 bits per heavy atom. The minimum Gasteiger partial charge on any atom is -0.390 e. The second-order valence-electron chi connectivity index (χ2n) is 6.79. The summed E-state index contributed by atoms with van der Waals surface area (Å²) in [6, 6.07) is 0. The normalized spacial score (nSPS) is 27.0. The Labute approximate surface area is 130 Å². The fraction of sp³-hybridized carbons (Fsp3) is 1.00. The van der Waals surface area contributed by atoms with Gasteiger partial charge in [0.1, 0.15) is 0 Å². The molecule has 0 saturated heterocycles. The van der Waals surface area contributed by atoms with E-state index in [1.165, 1.54) is 6.42 Å². The lowest BCUT2D eigenvalue weighted by molar-refractivity contribution is -0.0967. The number of methoxy groups -OCH3 is 1. The molecule has 1 aliphatic carbocycles. The van der Waals surface area contributed by atoms with Crippen molar-refractivity contribution in [2.24, 2.45) is 11.3 Å². The van der Waals surface area contributed by atoms with Gasteiger partial charge in [0.15, 0.2) is 0 Å². The summed E-state index contributed by atoms with van der Waals surface area (Å²) >= 11 is 0. The molecule has 0 aliphatic heterocycles. The van der Waals surface area contributed by atoms with Crippen molar-refractivity contribution in [2.45, 2.75) is 65.1 Å². The third kappa shape index (κ3) is 6.64. The van der Waals surface area contributed by atoms with Gasteiger partial charge in [0, 0.05) is 20.3 Å². The highest BCUT2D eigenvalue weighted by molar-refractivity contribution is 4.87. The quantitative estimate of drug-likeness (QED) is 0.630. The van der Waals surface area contributed by atoms with Crippen LogP contribution < -0.4 is 0 Å². The smallest absolute Gasteiger partial charge is 0.0837 e. The van der Waals surface area contributed by atoms with Crippen LogP contribution >= 0.6 is 0 Å². The zero-order valence-corrected chi connectivity index (χ0v) is 14.3. The Morgan fingerprint density at radius 2 is 1.86 bits per heavy atom. The first-order valence-corrected chi connectivity index (χ1v) is 8.37. The van der Waals surface area contributed by atoms with Gasteiger partial charge in [0.25, 0.3) is 0 Å². The molecule has 4 heteroatoms. The van der Waals surface area contributed by atoms with Gasteiger partial charge in [0.05, 0.1) is 25.4 Å². The van der Waals surface area contributed by atoms with Crippen molar-refractivity contribution in [3.05, 3.63) is 0 Å². The van der Waals surface area contributed by atoms with Gasteiger partial charge in [-0.3, -0.25) is 0 Å². The number of rotatable bonds is 10. The molecule has 21 heavy (non-hydrogen) atoms.